The van der Waals surface area contributed by atoms with Crippen LogP contribution in [0.5, 0.6) is 5.75 Å². The highest BCUT2D eigenvalue weighted by Gasteiger charge is 2.21. The lowest BCUT2D eigenvalue weighted by molar-refractivity contribution is 0.167. The van der Waals surface area contributed by atoms with E-state index in [1.54, 1.807) is 0 Å². The molecule has 27 heavy (non-hydrogen) atoms. The van der Waals surface area contributed by atoms with Crippen LogP contribution in [0, 0.1) is 18.3 Å². The number of piperidine rings is 1. The first-order valence-corrected chi connectivity index (χ1v) is 9.78. The second-order valence-corrected chi connectivity index (χ2v) is 7.81. The van der Waals surface area contributed by atoms with Crippen LogP contribution in [0.1, 0.15) is 28.8 Å². The zero-order chi connectivity index (χ0) is 18.8. The Balaban J connectivity index is 1.87. The van der Waals surface area contributed by atoms with E-state index in [0.717, 1.165) is 63.6 Å². The fourth-order valence-corrected chi connectivity index (χ4v) is 4.40. The molecule has 0 bridgehead atoms. The molecule has 1 fully saturated rings. The predicted molar refractivity (Wildman–Crippen MR) is 105 cm³/mol. The number of rotatable bonds is 4. The lowest BCUT2D eigenvalue weighted by Gasteiger charge is -2.26. The fourth-order valence-electron chi connectivity index (χ4n) is 3.43. The summed E-state index contributed by atoms with van der Waals surface area (Å²) in [6, 6.07) is 7.78. The summed E-state index contributed by atoms with van der Waals surface area (Å²) in [4.78, 5) is 9.66. The second kappa shape index (κ2) is 7.61. The number of aliphatic hydroxyl groups excluding tert-OH is 1. The minimum absolute atomic E-state index is 0.0329. The van der Waals surface area contributed by atoms with Gasteiger partial charge in [-0.3, -0.25) is 0 Å². The van der Waals surface area contributed by atoms with Gasteiger partial charge in [-0.15, -0.1) is 11.3 Å². The summed E-state index contributed by atoms with van der Waals surface area (Å²) in [5.74, 6) is 0.765. The largest absolute Gasteiger partial charge is 0.488 e. The first-order valence-electron chi connectivity index (χ1n) is 8.96. The molecule has 0 radical (unpaired) electrons. The molecule has 1 aliphatic heterocycles. The third-order valence-corrected chi connectivity index (χ3v) is 5.83. The van der Waals surface area contributed by atoms with Crippen molar-refractivity contribution >= 4 is 21.6 Å². The number of hydrogen-bond donors (Lipinski definition) is 2. The van der Waals surface area contributed by atoms with Gasteiger partial charge in [0.05, 0.1) is 34.2 Å². The number of aryl methyl sites for hydroxylation is 1. The molecule has 1 aliphatic rings. The van der Waals surface area contributed by atoms with E-state index >= 15 is 0 Å². The topological polar surface area (TPSA) is 91.1 Å². The summed E-state index contributed by atoms with van der Waals surface area (Å²) >= 11 is 1.47. The Hall–Kier alpha value is -2.53. The molecular formula is C20H20N4O2S. The zero-order valence-electron chi connectivity index (χ0n) is 15.0. The molecule has 6 nitrogen and oxygen atoms in total. The van der Waals surface area contributed by atoms with E-state index in [1.165, 1.54) is 17.7 Å². The number of nitriles is 1. The number of aromatic nitrogens is 2. The van der Waals surface area contributed by atoms with Gasteiger partial charge >= 0.3 is 0 Å². The van der Waals surface area contributed by atoms with E-state index in [2.05, 4.69) is 21.4 Å². The van der Waals surface area contributed by atoms with Crippen LogP contribution >= 0.6 is 11.3 Å². The lowest BCUT2D eigenvalue weighted by atomic mass is 10.0. The van der Waals surface area contributed by atoms with Gasteiger partial charge in [-0.1, -0.05) is 0 Å². The van der Waals surface area contributed by atoms with Crippen molar-refractivity contribution in [3.8, 4) is 23.1 Å². The normalized spacial score (nSPS) is 17.0. The minimum Gasteiger partial charge on any atom is -0.488 e. The van der Waals surface area contributed by atoms with Gasteiger partial charge in [-0.25, -0.2) is 9.97 Å². The molecule has 0 saturated carbocycles. The molecule has 1 saturated heterocycles. The van der Waals surface area contributed by atoms with Gasteiger partial charge in [-0.05, 0) is 50.1 Å². The molecule has 0 spiro atoms. The number of hydrogen-bond acceptors (Lipinski definition) is 7. The van der Waals surface area contributed by atoms with E-state index in [1.807, 2.05) is 25.1 Å². The maximum atomic E-state index is 9.48. The molecule has 3 aromatic rings. The number of nitrogens with zero attached hydrogens (tertiary/aromatic N) is 3. The monoisotopic (exact) mass is 380 g/mol. The predicted octanol–water partition coefficient (Wildman–Crippen LogP) is 3.16. The van der Waals surface area contributed by atoms with E-state index in [-0.39, 0.29) is 12.7 Å². The van der Waals surface area contributed by atoms with E-state index in [0.29, 0.717) is 5.56 Å². The molecule has 7 heteroatoms. The Bertz CT molecular complexity index is 1020. The number of fused-ring (bicyclic) bond motifs is 1. The van der Waals surface area contributed by atoms with Crippen LogP contribution in [-0.4, -0.2) is 34.3 Å². The van der Waals surface area contributed by atoms with Crippen LogP contribution in [0.3, 0.4) is 0 Å². The van der Waals surface area contributed by atoms with Crippen LogP contribution in [0.2, 0.25) is 0 Å². The molecule has 1 unspecified atom stereocenters. The molecule has 1 aromatic carbocycles. The van der Waals surface area contributed by atoms with Crippen LogP contribution in [0.15, 0.2) is 24.5 Å². The lowest BCUT2D eigenvalue weighted by Crippen LogP contribution is -2.37. The maximum absolute atomic E-state index is 9.48. The van der Waals surface area contributed by atoms with Gasteiger partial charge in [0.1, 0.15) is 18.2 Å². The number of benzene rings is 1. The van der Waals surface area contributed by atoms with Gasteiger partial charge in [0, 0.05) is 17.0 Å². The third-order valence-electron chi connectivity index (χ3n) is 4.71. The molecule has 1 atom stereocenters. The number of nitrogens with one attached hydrogen (secondary N) is 1. The van der Waals surface area contributed by atoms with Crippen molar-refractivity contribution in [2.75, 3.05) is 13.1 Å². The van der Waals surface area contributed by atoms with Crippen LogP contribution in [-0.2, 0) is 6.61 Å². The highest BCUT2D eigenvalue weighted by atomic mass is 32.1. The van der Waals surface area contributed by atoms with Gasteiger partial charge in [-0.2, -0.15) is 5.26 Å². The Kier molecular flexibility index (Phi) is 5.03. The van der Waals surface area contributed by atoms with Crippen molar-refractivity contribution in [2.24, 2.45) is 0 Å². The summed E-state index contributed by atoms with van der Waals surface area (Å²) in [6.07, 6.45) is 3.69. The molecule has 138 valence electrons. The van der Waals surface area contributed by atoms with Crippen molar-refractivity contribution in [2.45, 2.75) is 32.5 Å². The molecular weight excluding hydrogens is 360 g/mol. The maximum Gasteiger partial charge on any atom is 0.132 e. The highest BCUT2D eigenvalue weighted by molar-refractivity contribution is 7.19. The molecule has 0 amide bonds. The number of ether oxygens (including phenoxy) is 1. The SMILES string of the molecule is Cc1cc(C#N)cc(-c2ncnc3cc(CO)sc23)c1OC1CCCNC1. The first-order chi connectivity index (χ1) is 13.2. The molecule has 3 heterocycles. The van der Waals surface area contributed by atoms with Crippen LogP contribution in [0.4, 0.5) is 0 Å². The Labute approximate surface area is 161 Å². The van der Waals surface area contributed by atoms with Crippen molar-refractivity contribution in [3.05, 3.63) is 40.5 Å². The van der Waals surface area contributed by atoms with Crippen molar-refractivity contribution in [3.63, 3.8) is 0 Å². The molecule has 2 aromatic heterocycles. The van der Waals surface area contributed by atoms with Crippen LogP contribution < -0.4 is 10.1 Å². The van der Waals surface area contributed by atoms with Crippen molar-refractivity contribution < 1.29 is 9.84 Å². The average Bonchev–Trinajstić information content (AvgIpc) is 3.13. The van der Waals surface area contributed by atoms with E-state index in [4.69, 9.17) is 4.74 Å². The second-order valence-electron chi connectivity index (χ2n) is 6.68. The van der Waals surface area contributed by atoms with Crippen molar-refractivity contribution in [1.82, 2.24) is 15.3 Å². The summed E-state index contributed by atoms with van der Waals surface area (Å²) in [6.45, 7) is 3.76. The van der Waals surface area contributed by atoms with Crippen molar-refractivity contribution in [1.29, 1.82) is 5.26 Å². The molecule has 2 N–H and O–H groups in total. The number of aliphatic hydroxyl groups is 1. The summed E-state index contributed by atoms with van der Waals surface area (Å²) in [5, 5.41) is 22.3. The Morgan fingerprint density at radius 2 is 2.26 bits per heavy atom. The van der Waals surface area contributed by atoms with Gasteiger partial charge in [0.25, 0.3) is 0 Å². The fraction of sp³-hybridized carbons (Fsp3) is 0.350. The molecule has 4 rings (SSSR count). The average molecular weight is 380 g/mol. The van der Waals surface area contributed by atoms with E-state index < -0.39 is 0 Å². The third kappa shape index (κ3) is 3.52. The Morgan fingerprint density at radius 1 is 1.37 bits per heavy atom. The van der Waals surface area contributed by atoms with Crippen LogP contribution in [0.25, 0.3) is 21.5 Å². The summed E-state index contributed by atoms with van der Waals surface area (Å²) < 4.78 is 7.27. The smallest absolute Gasteiger partial charge is 0.132 e. The standard InChI is InChI=1S/C20H20N4O2S/c1-12-5-13(8-21)6-16(19(12)26-14-3-2-4-22-9-14)18-20-17(23-11-24-18)7-15(10-25)27-20/h5-7,11,14,22,25H,2-4,9-10H2,1H3. The first kappa shape index (κ1) is 17.9. The quantitative estimate of drug-likeness (QED) is 0.722. The summed E-state index contributed by atoms with van der Waals surface area (Å²) in [5.41, 5.74) is 3.82. The number of thiophene rings is 1. The van der Waals surface area contributed by atoms with Gasteiger partial charge in [0.2, 0.25) is 0 Å². The Morgan fingerprint density at radius 3 is 3.00 bits per heavy atom. The van der Waals surface area contributed by atoms with Gasteiger partial charge in [0.15, 0.2) is 0 Å². The van der Waals surface area contributed by atoms with E-state index in [9.17, 15) is 10.4 Å². The minimum atomic E-state index is -0.0329. The highest BCUT2D eigenvalue weighted by Crippen LogP contribution is 2.39. The summed E-state index contributed by atoms with van der Waals surface area (Å²) in [7, 11) is 0. The van der Waals surface area contributed by atoms with Gasteiger partial charge < -0.3 is 15.2 Å². The zero-order valence-corrected chi connectivity index (χ0v) is 15.8. The molecule has 0 aliphatic carbocycles.